The van der Waals surface area contributed by atoms with Crippen LogP contribution in [0.4, 0.5) is 8.78 Å². The molecule has 0 saturated carbocycles. The zero-order valence-corrected chi connectivity index (χ0v) is 25.3. The molecule has 0 aliphatic rings. The van der Waals surface area contributed by atoms with Gasteiger partial charge < -0.3 is 19.0 Å². The molecule has 3 aromatic rings. The highest BCUT2D eigenvalue weighted by atomic mass is 19.3. The lowest BCUT2D eigenvalue weighted by atomic mass is 10.0. The van der Waals surface area contributed by atoms with Gasteiger partial charge in [-0.25, -0.2) is 18.6 Å². The van der Waals surface area contributed by atoms with Gasteiger partial charge in [-0.15, -0.1) is 0 Å². The van der Waals surface area contributed by atoms with Gasteiger partial charge in [0.2, 0.25) is 5.89 Å². The summed E-state index contributed by atoms with van der Waals surface area (Å²) in [6, 6.07) is 9.67. The monoisotopic (exact) mass is 586 g/mol. The number of oxazole rings is 1. The molecular formula is C32H40F2N2O6. The number of carbonyl (C=O) groups is 2. The Bertz CT molecular complexity index is 1380. The summed E-state index contributed by atoms with van der Waals surface area (Å²) >= 11 is 0. The second-order valence-corrected chi connectivity index (χ2v) is 11.0. The van der Waals surface area contributed by atoms with Gasteiger partial charge in [0.15, 0.2) is 5.60 Å². The van der Waals surface area contributed by atoms with Crippen LogP contribution >= 0.6 is 0 Å². The molecule has 0 radical (unpaired) electrons. The van der Waals surface area contributed by atoms with Gasteiger partial charge in [0.1, 0.15) is 11.5 Å². The van der Waals surface area contributed by atoms with Crippen molar-refractivity contribution in [2.24, 2.45) is 0 Å². The molecule has 0 unspecified atom stereocenters. The first-order valence-electron chi connectivity index (χ1n) is 14.0. The van der Waals surface area contributed by atoms with Gasteiger partial charge >= 0.3 is 11.9 Å². The second kappa shape index (κ2) is 13.5. The Kier molecular flexibility index (Phi) is 10.5. The molecule has 0 aliphatic heterocycles. The minimum Gasteiger partial charge on any atom is -0.480 e. The zero-order valence-electron chi connectivity index (χ0n) is 25.3. The van der Waals surface area contributed by atoms with Crippen molar-refractivity contribution in [3.05, 3.63) is 70.1 Å². The number of alkyl halides is 2. The molecule has 1 heterocycles. The first-order chi connectivity index (χ1) is 19.7. The maximum atomic E-state index is 14.3. The molecule has 0 bridgehead atoms. The van der Waals surface area contributed by atoms with Gasteiger partial charge in [0.05, 0.1) is 18.8 Å². The molecule has 0 spiro atoms. The fourth-order valence-corrected chi connectivity index (χ4v) is 4.74. The van der Waals surface area contributed by atoms with Crippen molar-refractivity contribution in [2.45, 2.75) is 85.9 Å². The second-order valence-electron chi connectivity index (χ2n) is 11.0. The van der Waals surface area contributed by atoms with Gasteiger partial charge in [-0.1, -0.05) is 37.6 Å². The number of benzene rings is 2. The summed E-state index contributed by atoms with van der Waals surface area (Å²) < 4.78 is 45.6. The van der Waals surface area contributed by atoms with Gasteiger partial charge in [0, 0.05) is 30.6 Å². The molecule has 3 rings (SSSR count). The van der Waals surface area contributed by atoms with Crippen LogP contribution in [0.15, 0.2) is 40.8 Å². The molecule has 42 heavy (non-hydrogen) atoms. The van der Waals surface area contributed by atoms with Crippen molar-refractivity contribution in [1.82, 2.24) is 9.88 Å². The molecule has 2 aromatic carbocycles. The highest BCUT2D eigenvalue weighted by molar-refractivity contribution is 5.79. The summed E-state index contributed by atoms with van der Waals surface area (Å²) in [4.78, 5) is 30.3. The van der Waals surface area contributed by atoms with E-state index in [0.29, 0.717) is 35.7 Å². The molecule has 8 nitrogen and oxygen atoms in total. The number of ether oxygens (including phenoxy) is 2. The van der Waals surface area contributed by atoms with Crippen molar-refractivity contribution < 1.29 is 37.4 Å². The van der Waals surface area contributed by atoms with E-state index in [-0.39, 0.29) is 37.6 Å². The normalized spacial score (nSPS) is 12.0. The van der Waals surface area contributed by atoms with E-state index in [1.165, 1.54) is 12.1 Å². The van der Waals surface area contributed by atoms with Crippen LogP contribution in [0.1, 0.15) is 74.2 Å². The van der Waals surface area contributed by atoms with E-state index in [1.807, 2.05) is 26.0 Å². The van der Waals surface area contributed by atoms with Gasteiger partial charge in [-0.05, 0) is 70.4 Å². The summed E-state index contributed by atoms with van der Waals surface area (Å²) in [5.74, 6) is -3.01. The smallest absolute Gasteiger partial charge is 0.349 e. The highest BCUT2D eigenvalue weighted by Crippen LogP contribution is 2.34. The number of carboxylic acid groups (broad SMARTS) is 1. The van der Waals surface area contributed by atoms with E-state index in [4.69, 9.17) is 13.9 Å². The molecule has 0 fully saturated rings. The molecule has 0 aliphatic carbocycles. The molecule has 228 valence electrons. The third-order valence-corrected chi connectivity index (χ3v) is 6.79. The van der Waals surface area contributed by atoms with Crippen molar-refractivity contribution in [3.8, 4) is 17.2 Å². The zero-order chi connectivity index (χ0) is 31.2. The number of hydrogen-bond donors (Lipinski definition) is 1. The number of aromatic nitrogens is 1. The molecule has 0 atom stereocenters. The summed E-state index contributed by atoms with van der Waals surface area (Å²) in [6.45, 7) is 12.7. The van der Waals surface area contributed by atoms with Gasteiger partial charge in [0.25, 0.3) is 5.92 Å². The summed E-state index contributed by atoms with van der Waals surface area (Å²) in [5.41, 5.74) is 2.32. The van der Waals surface area contributed by atoms with E-state index >= 15 is 0 Å². The van der Waals surface area contributed by atoms with Crippen LogP contribution in [-0.4, -0.2) is 45.7 Å². The molecule has 1 aromatic heterocycles. The van der Waals surface area contributed by atoms with E-state index < -0.39 is 23.5 Å². The lowest BCUT2D eigenvalue weighted by Crippen LogP contribution is -2.40. The molecule has 10 heteroatoms. The first-order valence-corrected chi connectivity index (χ1v) is 14.0. The Morgan fingerprint density at radius 2 is 1.64 bits per heavy atom. The topological polar surface area (TPSA) is 102 Å². The summed E-state index contributed by atoms with van der Waals surface area (Å²) in [7, 11) is 0. The third kappa shape index (κ3) is 8.15. The lowest BCUT2D eigenvalue weighted by Gasteiger charge is -2.27. The predicted molar refractivity (Wildman–Crippen MR) is 154 cm³/mol. The minimum absolute atomic E-state index is 0.0595. The largest absolute Gasteiger partial charge is 0.480 e. The van der Waals surface area contributed by atoms with Crippen LogP contribution in [0.5, 0.6) is 5.75 Å². The SMILES string of the molecule is CCCC(F)(F)c1ccc(-c2nc(CN(CC(=O)O)Cc3cc(C)c(OC(C)(C)C(=O)OCC)c(C)c3)c(C)o2)cc1. The van der Waals surface area contributed by atoms with Crippen molar-refractivity contribution in [3.63, 3.8) is 0 Å². The van der Waals surface area contributed by atoms with E-state index in [2.05, 4.69) is 4.98 Å². The Hall–Kier alpha value is -3.79. The molecule has 1 N–H and O–H groups in total. The average Bonchev–Trinajstić information content (AvgIpc) is 3.26. The number of hydrogen-bond acceptors (Lipinski definition) is 7. The van der Waals surface area contributed by atoms with Crippen molar-refractivity contribution >= 4 is 11.9 Å². The fourth-order valence-electron chi connectivity index (χ4n) is 4.74. The fraction of sp³-hybridized carbons (Fsp3) is 0.469. The van der Waals surface area contributed by atoms with E-state index in [0.717, 1.165) is 16.7 Å². The number of aryl methyl sites for hydroxylation is 3. The minimum atomic E-state index is -2.90. The maximum absolute atomic E-state index is 14.3. The van der Waals surface area contributed by atoms with E-state index in [9.17, 15) is 23.5 Å². The van der Waals surface area contributed by atoms with Gasteiger partial charge in [-0.3, -0.25) is 9.69 Å². The number of aliphatic carboxylic acids is 1. The lowest BCUT2D eigenvalue weighted by molar-refractivity contribution is -0.158. The van der Waals surface area contributed by atoms with Crippen LogP contribution in [0, 0.1) is 20.8 Å². The van der Waals surface area contributed by atoms with Crippen LogP contribution in [0.25, 0.3) is 11.5 Å². The van der Waals surface area contributed by atoms with Crippen LogP contribution in [-0.2, 0) is 33.3 Å². The standard InChI is InChI=1S/C32H40F2N2O6/c1-8-14-32(33,34)25-12-10-24(11-13-25)29-35-26(22(5)41-29)18-36(19-27(37)38)17-23-15-20(3)28(21(4)16-23)42-31(6,7)30(39)40-9-2/h10-13,15-16H,8-9,14,17-19H2,1-7H3,(H,37,38). The Balaban J connectivity index is 1.80. The summed E-state index contributed by atoms with van der Waals surface area (Å²) in [6.07, 6.45) is 0.142. The number of carbonyl (C=O) groups excluding carboxylic acids is 1. The number of rotatable bonds is 14. The molecular weight excluding hydrogens is 546 g/mol. The van der Waals surface area contributed by atoms with Crippen LogP contribution in [0.2, 0.25) is 0 Å². The summed E-state index contributed by atoms with van der Waals surface area (Å²) in [5, 5.41) is 9.59. The quantitative estimate of drug-likeness (QED) is 0.202. The van der Waals surface area contributed by atoms with Crippen molar-refractivity contribution in [1.29, 1.82) is 0 Å². The Labute approximate surface area is 245 Å². The number of nitrogens with zero attached hydrogens (tertiary/aromatic N) is 2. The van der Waals surface area contributed by atoms with E-state index in [1.54, 1.807) is 51.7 Å². The number of carboxylic acids is 1. The van der Waals surface area contributed by atoms with Gasteiger partial charge in [-0.2, -0.15) is 0 Å². The van der Waals surface area contributed by atoms with Crippen LogP contribution in [0.3, 0.4) is 0 Å². The Morgan fingerprint density at radius 1 is 1.02 bits per heavy atom. The molecule has 0 amide bonds. The van der Waals surface area contributed by atoms with Crippen LogP contribution < -0.4 is 4.74 Å². The average molecular weight is 587 g/mol. The third-order valence-electron chi connectivity index (χ3n) is 6.79. The number of halogens is 2. The first kappa shape index (κ1) is 32.7. The number of esters is 1. The maximum Gasteiger partial charge on any atom is 0.349 e. The Morgan fingerprint density at radius 3 is 2.19 bits per heavy atom. The van der Waals surface area contributed by atoms with Crippen molar-refractivity contribution in [2.75, 3.05) is 13.2 Å². The molecule has 0 saturated heterocycles. The predicted octanol–water partition coefficient (Wildman–Crippen LogP) is 6.97. The highest BCUT2D eigenvalue weighted by Gasteiger charge is 2.33.